The molecule has 0 aromatic heterocycles. The molecule has 2 N–H and O–H groups in total. The summed E-state index contributed by atoms with van der Waals surface area (Å²) in [5, 5.41) is 13.6. The molecule has 0 bridgehead atoms. The van der Waals surface area contributed by atoms with Gasteiger partial charge in [0.25, 0.3) is 0 Å². The van der Waals surface area contributed by atoms with Crippen molar-refractivity contribution in [3.8, 4) is 0 Å². The molecule has 1 fully saturated rings. The first kappa shape index (κ1) is 14.0. The Morgan fingerprint density at radius 3 is 2.25 bits per heavy atom. The van der Waals surface area contributed by atoms with E-state index in [0.717, 1.165) is 5.92 Å². The lowest BCUT2D eigenvalue weighted by Gasteiger charge is -2.36. The quantitative estimate of drug-likeness (QED) is 0.756. The number of aliphatic hydroxyl groups is 1. The van der Waals surface area contributed by atoms with Gasteiger partial charge in [0.05, 0.1) is 5.60 Å². The molecule has 1 aliphatic rings. The van der Waals surface area contributed by atoms with E-state index in [1.165, 1.54) is 38.5 Å². The maximum absolute atomic E-state index is 9.97. The third kappa shape index (κ3) is 4.06. The first-order chi connectivity index (χ1) is 7.45. The number of hydrogen-bond donors (Lipinski definition) is 2. The topological polar surface area (TPSA) is 32.3 Å². The summed E-state index contributed by atoms with van der Waals surface area (Å²) in [6.45, 7) is 8.12. The minimum atomic E-state index is -0.623. The zero-order valence-electron chi connectivity index (χ0n) is 11.4. The van der Waals surface area contributed by atoms with Crippen LogP contribution in [0.15, 0.2) is 0 Å². The normalized spacial score (nSPS) is 23.1. The van der Waals surface area contributed by atoms with Gasteiger partial charge in [0.15, 0.2) is 0 Å². The summed E-state index contributed by atoms with van der Waals surface area (Å²) < 4.78 is 0. The van der Waals surface area contributed by atoms with Crippen LogP contribution < -0.4 is 5.32 Å². The third-order valence-electron chi connectivity index (χ3n) is 4.18. The van der Waals surface area contributed by atoms with Gasteiger partial charge in [-0.05, 0) is 46.0 Å². The maximum Gasteiger partial charge on any atom is 0.0741 e. The first-order valence-electron chi connectivity index (χ1n) is 6.93. The van der Waals surface area contributed by atoms with Crippen molar-refractivity contribution in [2.75, 3.05) is 0 Å². The lowest BCUT2D eigenvalue weighted by Crippen LogP contribution is -2.51. The van der Waals surface area contributed by atoms with E-state index in [1.807, 2.05) is 13.8 Å². The summed E-state index contributed by atoms with van der Waals surface area (Å²) in [7, 11) is 0. The van der Waals surface area contributed by atoms with E-state index in [9.17, 15) is 5.11 Å². The number of hydrogen-bond acceptors (Lipinski definition) is 2. The summed E-state index contributed by atoms with van der Waals surface area (Å²) >= 11 is 0. The van der Waals surface area contributed by atoms with Gasteiger partial charge in [0.2, 0.25) is 0 Å². The molecule has 1 rings (SSSR count). The fourth-order valence-corrected chi connectivity index (χ4v) is 2.65. The second-order valence-electron chi connectivity index (χ2n) is 5.95. The molecule has 0 radical (unpaired) electrons. The zero-order valence-corrected chi connectivity index (χ0v) is 11.4. The summed E-state index contributed by atoms with van der Waals surface area (Å²) in [6, 6.07) is 0.751. The predicted molar refractivity (Wildman–Crippen MR) is 69.5 cm³/mol. The van der Waals surface area contributed by atoms with Crippen LogP contribution in [-0.2, 0) is 0 Å². The van der Waals surface area contributed by atoms with E-state index < -0.39 is 5.60 Å². The van der Waals surface area contributed by atoms with Crippen LogP contribution in [0.25, 0.3) is 0 Å². The minimum absolute atomic E-state index is 0.166. The van der Waals surface area contributed by atoms with Crippen LogP contribution in [0.1, 0.15) is 66.2 Å². The van der Waals surface area contributed by atoms with Crippen molar-refractivity contribution < 1.29 is 5.11 Å². The van der Waals surface area contributed by atoms with Crippen LogP contribution in [0.3, 0.4) is 0 Å². The molecule has 1 saturated carbocycles. The minimum Gasteiger partial charge on any atom is -0.389 e. The Bertz CT molecular complexity index is 191. The van der Waals surface area contributed by atoms with E-state index >= 15 is 0 Å². The van der Waals surface area contributed by atoms with Crippen molar-refractivity contribution in [3.05, 3.63) is 0 Å². The lowest BCUT2D eigenvalue weighted by molar-refractivity contribution is 0.0345. The van der Waals surface area contributed by atoms with Crippen molar-refractivity contribution in [1.82, 2.24) is 5.32 Å². The molecule has 2 heteroatoms. The molecule has 0 spiro atoms. The molecule has 0 aliphatic heterocycles. The maximum atomic E-state index is 9.97. The second-order valence-corrected chi connectivity index (χ2v) is 5.95. The van der Waals surface area contributed by atoms with E-state index in [2.05, 4.69) is 19.2 Å². The van der Waals surface area contributed by atoms with Crippen LogP contribution in [0.4, 0.5) is 0 Å². The molecule has 1 aliphatic carbocycles. The van der Waals surface area contributed by atoms with Gasteiger partial charge in [-0.2, -0.15) is 0 Å². The average Bonchev–Trinajstić information content (AvgIpc) is 2.25. The molecule has 0 aromatic rings. The highest BCUT2D eigenvalue weighted by Gasteiger charge is 2.28. The molecule has 2 unspecified atom stereocenters. The van der Waals surface area contributed by atoms with Crippen molar-refractivity contribution in [2.24, 2.45) is 5.92 Å². The Hall–Kier alpha value is -0.0800. The lowest BCUT2D eigenvalue weighted by atomic mass is 9.82. The fraction of sp³-hybridized carbons (Fsp3) is 1.00. The van der Waals surface area contributed by atoms with Crippen LogP contribution in [-0.4, -0.2) is 22.8 Å². The molecular weight excluding hydrogens is 198 g/mol. The molecular formula is C14H29NO. The Balaban J connectivity index is 2.47. The Kier molecular flexibility index (Phi) is 5.26. The fourth-order valence-electron chi connectivity index (χ4n) is 2.65. The van der Waals surface area contributed by atoms with Crippen LogP contribution in [0.2, 0.25) is 0 Å². The summed E-state index contributed by atoms with van der Waals surface area (Å²) in [4.78, 5) is 0. The molecule has 0 heterocycles. The SMILES string of the molecule is CCC(NC(C)C(C)(C)O)C1CCCCC1. The van der Waals surface area contributed by atoms with Gasteiger partial charge < -0.3 is 10.4 Å². The second kappa shape index (κ2) is 6.02. The summed E-state index contributed by atoms with van der Waals surface area (Å²) in [6.07, 6.45) is 8.09. The van der Waals surface area contributed by atoms with Gasteiger partial charge in [0, 0.05) is 12.1 Å². The van der Waals surface area contributed by atoms with Crippen LogP contribution in [0.5, 0.6) is 0 Å². The summed E-state index contributed by atoms with van der Waals surface area (Å²) in [5.74, 6) is 0.823. The molecule has 0 saturated heterocycles. The van der Waals surface area contributed by atoms with Gasteiger partial charge in [0.1, 0.15) is 0 Å². The molecule has 2 nitrogen and oxygen atoms in total. The highest BCUT2D eigenvalue weighted by atomic mass is 16.3. The number of rotatable bonds is 5. The summed E-state index contributed by atoms with van der Waals surface area (Å²) in [5.41, 5.74) is -0.623. The van der Waals surface area contributed by atoms with Crippen molar-refractivity contribution >= 4 is 0 Å². The third-order valence-corrected chi connectivity index (χ3v) is 4.18. The Morgan fingerprint density at radius 1 is 1.25 bits per heavy atom. The molecule has 0 amide bonds. The van der Waals surface area contributed by atoms with Gasteiger partial charge in [-0.25, -0.2) is 0 Å². The smallest absolute Gasteiger partial charge is 0.0741 e. The van der Waals surface area contributed by atoms with Crippen LogP contribution >= 0.6 is 0 Å². The van der Waals surface area contributed by atoms with E-state index in [4.69, 9.17) is 0 Å². The first-order valence-corrected chi connectivity index (χ1v) is 6.93. The molecule has 0 aromatic carbocycles. The highest BCUT2D eigenvalue weighted by molar-refractivity contribution is 4.86. The Morgan fingerprint density at radius 2 is 1.81 bits per heavy atom. The van der Waals surface area contributed by atoms with Crippen molar-refractivity contribution in [2.45, 2.75) is 83.9 Å². The van der Waals surface area contributed by atoms with Gasteiger partial charge in [-0.15, -0.1) is 0 Å². The number of nitrogens with one attached hydrogen (secondary N) is 1. The zero-order chi connectivity index (χ0) is 12.2. The van der Waals surface area contributed by atoms with Gasteiger partial charge in [-0.3, -0.25) is 0 Å². The predicted octanol–water partition coefficient (Wildman–Crippen LogP) is 3.09. The largest absolute Gasteiger partial charge is 0.389 e. The van der Waals surface area contributed by atoms with Crippen molar-refractivity contribution in [1.29, 1.82) is 0 Å². The van der Waals surface area contributed by atoms with E-state index in [-0.39, 0.29) is 6.04 Å². The van der Waals surface area contributed by atoms with Crippen LogP contribution in [0, 0.1) is 5.92 Å². The monoisotopic (exact) mass is 227 g/mol. The standard InChI is InChI=1S/C14H29NO/c1-5-13(12-9-7-6-8-10-12)15-11(2)14(3,4)16/h11-13,15-16H,5-10H2,1-4H3. The van der Waals surface area contributed by atoms with Gasteiger partial charge in [-0.1, -0.05) is 26.2 Å². The van der Waals surface area contributed by atoms with E-state index in [1.54, 1.807) is 0 Å². The molecule has 16 heavy (non-hydrogen) atoms. The molecule has 2 atom stereocenters. The average molecular weight is 227 g/mol. The van der Waals surface area contributed by atoms with Crippen molar-refractivity contribution in [3.63, 3.8) is 0 Å². The van der Waals surface area contributed by atoms with E-state index in [0.29, 0.717) is 6.04 Å². The molecule has 96 valence electrons. The highest BCUT2D eigenvalue weighted by Crippen LogP contribution is 2.28. The van der Waals surface area contributed by atoms with Gasteiger partial charge >= 0.3 is 0 Å². The Labute approximate surface area is 101 Å².